The summed E-state index contributed by atoms with van der Waals surface area (Å²) in [5.41, 5.74) is 1.41. The Balaban J connectivity index is 0.00000161. The van der Waals surface area contributed by atoms with Crippen LogP contribution in [0.25, 0.3) is 0 Å². The summed E-state index contributed by atoms with van der Waals surface area (Å²) in [7, 11) is 0. The fourth-order valence-corrected chi connectivity index (χ4v) is 3.51. The van der Waals surface area contributed by atoms with E-state index in [0.717, 1.165) is 62.3 Å². The number of fused-ring (bicyclic) bond motifs is 1. The van der Waals surface area contributed by atoms with Crippen molar-refractivity contribution in [3.63, 3.8) is 0 Å². The maximum atomic E-state index is 12.7. The van der Waals surface area contributed by atoms with Crippen LogP contribution >= 0.6 is 12.4 Å². The van der Waals surface area contributed by atoms with Crippen molar-refractivity contribution in [1.82, 2.24) is 15.4 Å². The third-order valence-corrected chi connectivity index (χ3v) is 4.77. The van der Waals surface area contributed by atoms with Gasteiger partial charge in [0.05, 0.1) is 5.69 Å². The number of aromatic nitrogens is 1. The van der Waals surface area contributed by atoms with Crippen molar-refractivity contribution in [2.24, 2.45) is 11.8 Å². The van der Waals surface area contributed by atoms with Gasteiger partial charge < -0.3 is 14.7 Å². The van der Waals surface area contributed by atoms with Gasteiger partial charge in [0, 0.05) is 19.5 Å². The minimum atomic E-state index is 0. The Labute approximate surface area is 131 Å². The summed E-state index contributed by atoms with van der Waals surface area (Å²) in [6, 6.07) is 0. The van der Waals surface area contributed by atoms with Gasteiger partial charge in [0.25, 0.3) is 5.91 Å². The molecular formula is C15H24ClN3O2. The van der Waals surface area contributed by atoms with Crippen molar-refractivity contribution in [2.45, 2.75) is 33.1 Å². The van der Waals surface area contributed by atoms with Gasteiger partial charge >= 0.3 is 0 Å². The molecule has 0 saturated carbocycles. The van der Waals surface area contributed by atoms with Crippen molar-refractivity contribution >= 4 is 18.3 Å². The van der Waals surface area contributed by atoms with Gasteiger partial charge in [-0.1, -0.05) is 12.1 Å². The van der Waals surface area contributed by atoms with Gasteiger partial charge in [-0.25, -0.2) is 0 Å². The molecule has 2 aliphatic heterocycles. The topological polar surface area (TPSA) is 58.4 Å². The first kappa shape index (κ1) is 16.3. The molecule has 1 aromatic rings. The van der Waals surface area contributed by atoms with Gasteiger partial charge in [0.1, 0.15) is 11.3 Å². The fourth-order valence-electron chi connectivity index (χ4n) is 3.51. The summed E-state index contributed by atoms with van der Waals surface area (Å²) in [5, 5.41) is 7.41. The van der Waals surface area contributed by atoms with Crippen molar-refractivity contribution < 1.29 is 9.32 Å². The minimum absolute atomic E-state index is 0. The molecule has 1 N–H and O–H groups in total. The summed E-state index contributed by atoms with van der Waals surface area (Å²) < 4.78 is 5.25. The molecule has 21 heavy (non-hydrogen) atoms. The highest BCUT2D eigenvalue weighted by molar-refractivity contribution is 5.96. The SMILES string of the molecule is CCc1onc(C)c1C(=O)N1CC[C@@H]2CNC[C@@H]2CC1.Cl. The predicted octanol–water partition coefficient (Wildman–Crippen LogP) is 2.04. The summed E-state index contributed by atoms with van der Waals surface area (Å²) >= 11 is 0. The Morgan fingerprint density at radius 2 is 1.95 bits per heavy atom. The Kier molecular flexibility index (Phi) is 5.27. The quantitative estimate of drug-likeness (QED) is 0.907. The molecule has 0 spiro atoms. The first-order chi connectivity index (χ1) is 9.70. The second kappa shape index (κ2) is 6.79. The van der Waals surface area contributed by atoms with Crippen LogP contribution in [0.15, 0.2) is 4.52 Å². The van der Waals surface area contributed by atoms with Crippen molar-refractivity contribution in [3.05, 3.63) is 17.0 Å². The Morgan fingerprint density at radius 3 is 2.52 bits per heavy atom. The monoisotopic (exact) mass is 313 g/mol. The molecule has 1 amide bonds. The molecule has 2 atom stereocenters. The zero-order chi connectivity index (χ0) is 14.1. The van der Waals surface area contributed by atoms with Gasteiger partial charge in [-0.2, -0.15) is 0 Å². The van der Waals surface area contributed by atoms with E-state index in [1.165, 1.54) is 0 Å². The van der Waals surface area contributed by atoms with E-state index in [-0.39, 0.29) is 18.3 Å². The number of hydrogen-bond acceptors (Lipinski definition) is 4. The van der Waals surface area contributed by atoms with Gasteiger partial charge in [-0.15, -0.1) is 12.4 Å². The summed E-state index contributed by atoms with van der Waals surface area (Å²) in [6.45, 7) is 7.78. The lowest BCUT2D eigenvalue weighted by Gasteiger charge is -2.20. The van der Waals surface area contributed by atoms with Crippen LogP contribution in [0, 0.1) is 18.8 Å². The molecule has 6 heteroatoms. The minimum Gasteiger partial charge on any atom is -0.360 e. The van der Waals surface area contributed by atoms with E-state index in [4.69, 9.17) is 4.52 Å². The second-order valence-electron chi connectivity index (χ2n) is 5.97. The number of hydrogen-bond donors (Lipinski definition) is 1. The van der Waals surface area contributed by atoms with Crippen LogP contribution in [0.2, 0.25) is 0 Å². The maximum Gasteiger partial charge on any atom is 0.259 e. The first-order valence-electron chi connectivity index (χ1n) is 7.65. The smallest absolute Gasteiger partial charge is 0.259 e. The van der Waals surface area contributed by atoms with Crippen LogP contribution in [-0.4, -0.2) is 42.1 Å². The van der Waals surface area contributed by atoms with E-state index < -0.39 is 0 Å². The molecule has 0 bridgehead atoms. The van der Waals surface area contributed by atoms with Crippen LogP contribution in [0.5, 0.6) is 0 Å². The zero-order valence-corrected chi connectivity index (χ0v) is 13.5. The molecule has 118 valence electrons. The molecule has 5 nitrogen and oxygen atoms in total. The predicted molar refractivity (Wildman–Crippen MR) is 82.9 cm³/mol. The molecule has 2 fully saturated rings. The van der Waals surface area contributed by atoms with Gasteiger partial charge in [-0.05, 0) is 44.7 Å². The normalized spacial score (nSPS) is 25.1. The molecular weight excluding hydrogens is 290 g/mol. The van der Waals surface area contributed by atoms with Gasteiger partial charge in [0.2, 0.25) is 0 Å². The number of aryl methyl sites for hydroxylation is 2. The summed E-state index contributed by atoms with van der Waals surface area (Å²) in [6.07, 6.45) is 2.93. The van der Waals surface area contributed by atoms with E-state index in [1.807, 2.05) is 18.7 Å². The van der Waals surface area contributed by atoms with Gasteiger partial charge in [0.15, 0.2) is 0 Å². The second-order valence-corrected chi connectivity index (χ2v) is 5.97. The first-order valence-corrected chi connectivity index (χ1v) is 7.65. The van der Waals surface area contributed by atoms with E-state index >= 15 is 0 Å². The summed E-state index contributed by atoms with van der Waals surface area (Å²) in [4.78, 5) is 14.7. The highest BCUT2D eigenvalue weighted by Crippen LogP contribution is 2.28. The number of carbonyl (C=O) groups is 1. The molecule has 0 radical (unpaired) electrons. The van der Waals surface area contributed by atoms with E-state index in [0.29, 0.717) is 12.0 Å². The fraction of sp³-hybridized carbons (Fsp3) is 0.733. The number of halogens is 1. The molecule has 0 aliphatic carbocycles. The van der Waals surface area contributed by atoms with Crippen molar-refractivity contribution in [3.8, 4) is 0 Å². The molecule has 3 heterocycles. The maximum absolute atomic E-state index is 12.7. The van der Waals surface area contributed by atoms with Crippen LogP contribution < -0.4 is 5.32 Å². The van der Waals surface area contributed by atoms with Crippen molar-refractivity contribution in [1.29, 1.82) is 0 Å². The standard InChI is InChI=1S/C15H23N3O2.ClH/c1-3-13-14(10(2)17-20-13)15(19)18-6-4-11-8-16-9-12(11)5-7-18;/h11-12,16H,3-9H2,1-2H3;1H/t11-,12+;. The molecule has 1 aromatic heterocycles. The van der Waals surface area contributed by atoms with Crippen molar-refractivity contribution in [2.75, 3.05) is 26.2 Å². The van der Waals surface area contributed by atoms with E-state index in [9.17, 15) is 4.79 Å². The third kappa shape index (κ3) is 3.09. The average Bonchev–Trinajstić information content (AvgIpc) is 3.00. The number of likely N-dealkylation sites (tertiary alicyclic amines) is 1. The number of rotatable bonds is 2. The molecule has 2 aliphatic rings. The highest BCUT2D eigenvalue weighted by atomic mass is 35.5. The average molecular weight is 314 g/mol. The zero-order valence-electron chi connectivity index (χ0n) is 12.7. The lowest BCUT2D eigenvalue weighted by molar-refractivity contribution is 0.0755. The van der Waals surface area contributed by atoms with Crippen LogP contribution in [0.3, 0.4) is 0 Å². The number of nitrogens with zero attached hydrogens (tertiary/aromatic N) is 2. The third-order valence-electron chi connectivity index (χ3n) is 4.77. The van der Waals surface area contributed by atoms with E-state index in [2.05, 4.69) is 10.5 Å². The Bertz CT molecular complexity index is 489. The highest BCUT2D eigenvalue weighted by Gasteiger charge is 2.33. The number of nitrogens with one attached hydrogen (secondary N) is 1. The largest absolute Gasteiger partial charge is 0.360 e. The van der Waals surface area contributed by atoms with Crippen LogP contribution in [-0.2, 0) is 6.42 Å². The molecule has 3 rings (SSSR count). The molecule has 2 saturated heterocycles. The Hall–Kier alpha value is -1.07. The van der Waals surface area contributed by atoms with Crippen LogP contribution in [0.4, 0.5) is 0 Å². The summed E-state index contributed by atoms with van der Waals surface area (Å²) in [5.74, 6) is 2.30. The molecule has 0 aromatic carbocycles. The Morgan fingerprint density at radius 1 is 1.33 bits per heavy atom. The lowest BCUT2D eigenvalue weighted by atomic mass is 9.92. The number of amides is 1. The van der Waals surface area contributed by atoms with E-state index in [1.54, 1.807) is 0 Å². The number of carbonyl (C=O) groups excluding carboxylic acids is 1. The van der Waals surface area contributed by atoms with Gasteiger partial charge in [-0.3, -0.25) is 4.79 Å². The molecule has 0 unspecified atom stereocenters. The van der Waals surface area contributed by atoms with Crippen LogP contribution in [0.1, 0.15) is 41.6 Å². The lowest BCUT2D eigenvalue weighted by Crippen LogP contribution is -2.33.